The number of rotatable bonds is 6. The number of thioether (sulfide) groups is 1. The Morgan fingerprint density at radius 2 is 1.97 bits per heavy atom. The van der Waals surface area contributed by atoms with Gasteiger partial charge in [-0.05, 0) is 44.5 Å². The predicted molar refractivity (Wildman–Crippen MR) is 114 cm³/mol. The number of nitrogens with zero attached hydrogens (tertiary/aromatic N) is 4. The number of nitrogens with one attached hydrogen (secondary N) is 1. The molecule has 0 atom stereocenters. The van der Waals surface area contributed by atoms with Crippen molar-refractivity contribution in [3.8, 4) is 5.69 Å². The zero-order chi connectivity index (χ0) is 20.4. The summed E-state index contributed by atoms with van der Waals surface area (Å²) in [6.45, 7) is 8.85. The van der Waals surface area contributed by atoms with E-state index in [4.69, 9.17) is 4.74 Å². The van der Waals surface area contributed by atoms with E-state index in [2.05, 4.69) is 39.1 Å². The topological polar surface area (TPSA) is 76.0 Å². The molecule has 0 radical (unpaired) electrons. The van der Waals surface area contributed by atoms with Crippen molar-refractivity contribution in [3.05, 3.63) is 52.8 Å². The van der Waals surface area contributed by atoms with Crippen molar-refractivity contribution < 1.29 is 9.53 Å². The molecule has 1 saturated heterocycles. The fourth-order valence-electron chi connectivity index (χ4n) is 3.54. The average molecular weight is 412 g/mol. The third-order valence-electron chi connectivity index (χ3n) is 4.95. The number of hydrogen-bond acceptors (Lipinski definition) is 6. The first-order valence-electron chi connectivity index (χ1n) is 9.70. The van der Waals surface area contributed by atoms with Crippen molar-refractivity contribution in [3.63, 3.8) is 0 Å². The van der Waals surface area contributed by atoms with E-state index < -0.39 is 0 Å². The molecule has 0 saturated carbocycles. The van der Waals surface area contributed by atoms with E-state index in [1.807, 2.05) is 36.6 Å². The molecule has 8 heteroatoms. The van der Waals surface area contributed by atoms with E-state index in [1.54, 1.807) is 0 Å². The van der Waals surface area contributed by atoms with E-state index in [9.17, 15) is 4.79 Å². The van der Waals surface area contributed by atoms with Gasteiger partial charge < -0.3 is 14.6 Å². The van der Waals surface area contributed by atoms with Crippen LogP contribution in [0.25, 0.3) is 5.69 Å². The number of ketones is 1. The number of benzene rings is 1. The number of H-pyrrole nitrogens is 1. The van der Waals surface area contributed by atoms with Crippen LogP contribution < -0.4 is 4.90 Å². The van der Waals surface area contributed by atoms with Crippen molar-refractivity contribution in [2.45, 2.75) is 25.9 Å². The minimum atomic E-state index is 0.0866. The van der Waals surface area contributed by atoms with Crippen LogP contribution in [0.1, 0.15) is 27.3 Å². The fraction of sp³-hybridized carbons (Fsp3) is 0.381. The quantitative estimate of drug-likeness (QED) is 0.495. The number of hydrogen-bond donors (Lipinski definition) is 1. The summed E-state index contributed by atoms with van der Waals surface area (Å²) in [5, 5.41) is 9.61. The Bertz CT molecular complexity index is 1020. The third-order valence-corrected chi connectivity index (χ3v) is 5.88. The summed E-state index contributed by atoms with van der Waals surface area (Å²) in [5.74, 6) is 1.19. The van der Waals surface area contributed by atoms with E-state index in [0.717, 1.165) is 52.4 Å². The lowest BCUT2D eigenvalue weighted by atomic mass is 10.2. The number of Topliss-reactive ketones (excluding diaryl/α,β-unsaturated/α-hetero) is 1. The molecular weight excluding hydrogens is 386 g/mol. The molecule has 7 nitrogen and oxygen atoms in total. The highest BCUT2D eigenvalue weighted by Gasteiger charge is 2.23. The average Bonchev–Trinajstić information content (AvgIpc) is 3.29. The molecule has 3 heterocycles. The van der Waals surface area contributed by atoms with Crippen molar-refractivity contribution in [2.24, 2.45) is 0 Å². The Morgan fingerprint density at radius 1 is 1.17 bits per heavy atom. The Kier molecular flexibility index (Phi) is 5.73. The molecule has 3 aromatic rings. The fourth-order valence-corrected chi connectivity index (χ4v) is 4.37. The SMILES string of the molecule is Cc1cccc(-n2c(SCC(=O)c3cc(C)[nH]c3C)nnc2N2CCOCC2)c1. The van der Waals surface area contributed by atoms with E-state index in [0.29, 0.717) is 19.0 Å². The van der Waals surface area contributed by atoms with Gasteiger partial charge in [0, 0.05) is 30.0 Å². The molecule has 0 bridgehead atoms. The first-order chi connectivity index (χ1) is 14.0. The molecular formula is C21H25N5O2S. The van der Waals surface area contributed by atoms with E-state index in [-0.39, 0.29) is 5.78 Å². The molecule has 1 fully saturated rings. The van der Waals surface area contributed by atoms with Crippen LogP contribution in [0.5, 0.6) is 0 Å². The molecule has 1 N–H and O–H groups in total. The van der Waals surface area contributed by atoms with Crippen LogP contribution in [0.15, 0.2) is 35.5 Å². The molecule has 0 spiro atoms. The highest BCUT2D eigenvalue weighted by molar-refractivity contribution is 7.99. The molecule has 1 aliphatic rings. The number of ether oxygens (including phenoxy) is 1. The summed E-state index contributed by atoms with van der Waals surface area (Å²) in [6.07, 6.45) is 0. The minimum absolute atomic E-state index is 0.0866. The summed E-state index contributed by atoms with van der Waals surface area (Å²) in [6, 6.07) is 10.2. The van der Waals surface area contributed by atoms with Crippen LogP contribution >= 0.6 is 11.8 Å². The molecule has 0 unspecified atom stereocenters. The second-order valence-electron chi connectivity index (χ2n) is 7.26. The molecule has 29 heavy (non-hydrogen) atoms. The van der Waals surface area contributed by atoms with Gasteiger partial charge in [-0.1, -0.05) is 23.9 Å². The number of morpholine rings is 1. The lowest BCUT2D eigenvalue weighted by Gasteiger charge is -2.28. The normalized spacial score (nSPS) is 14.4. The Balaban J connectivity index is 1.63. The maximum Gasteiger partial charge on any atom is 0.232 e. The molecule has 4 rings (SSSR count). The van der Waals surface area contributed by atoms with Crippen molar-refractivity contribution >= 4 is 23.5 Å². The van der Waals surface area contributed by atoms with E-state index in [1.165, 1.54) is 11.8 Å². The Labute approximate surface area is 174 Å². The molecule has 0 aliphatic carbocycles. The van der Waals surface area contributed by atoms with Crippen molar-refractivity contribution in [2.75, 3.05) is 37.0 Å². The maximum absolute atomic E-state index is 12.7. The number of aromatic nitrogens is 4. The number of carbonyl (C=O) groups is 1. The molecule has 1 aromatic carbocycles. The van der Waals surface area contributed by atoms with Gasteiger partial charge in [0.05, 0.1) is 24.7 Å². The zero-order valence-corrected chi connectivity index (χ0v) is 17.8. The standard InChI is InChI=1S/C21H25N5O2S/c1-14-5-4-6-17(11-14)26-20(25-7-9-28-10-8-25)23-24-21(26)29-13-19(27)18-12-15(2)22-16(18)3/h4-6,11-12,22H,7-10,13H2,1-3H3. The van der Waals surface area contributed by atoms with Gasteiger partial charge in [0.1, 0.15) is 0 Å². The molecule has 1 aliphatic heterocycles. The van der Waals surface area contributed by atoms with Crippen LogP contribution in [-0.4, -0.2) is 57.6 Å². The van der Waals surface area contributed by atoms with Gasteiger partial charge in [-0.2, -0.15) is 0 Å². The second-order valence-corrected chi connectivity index (χ2v) is 8.20. The summed E-state index contributed by atoms with van der Waals surface area (Å²) < 4.78 is 7.53. The zero-order valence-electron chi connectivity index (χ0n) is 16.9. The van der Waals surface area contributed by atoms with Crippen LogP contribution in [-0.2, 0) is 4.74 Å². The molecule has 152 valence electrons. The smallest absolute Gasteiger partial charge is 0.232 e. The first kappa shape index (κ1) is 19.7. The summed E-state index contributed by atoms with van der Waals surface area (Å²) in [7, 11) is 0. The lowest BCUT2D eigenvalue weighted by Crippen LogP contribution is -2.37. The highest BCUT2D eigenvalue weighted by Crippen LogP contribution is 2.28. The number of aryl methyl sites for hydroxylation is 3. The summed E-state index contributed by atoms with van der Waals surface area (Å²) in [4.78, 5) is 18.1. The van der Waals surface area contributed by atoms with Gasteiger partial charge in [-0.15, -0.1) is 10.2 Å². The molecule has 2 aromatic heterocycles. The first-order valence-corrected chi connectivity index (χ1v) is 10.7. The molecule has 0 amide bonds. The Morgan fingerprint density at radius 3 is 2.66 bits per heavy atom. The van der Waals surface area contributed by atoms with Crippen LogP contribution in [0.2, 0.25) is 0 Å². The van der Waals surface area contributed by atoms with Gasteiger partial charge in [-0.25, -0.2) is 0 Å². The van der Waals surface area contributed by atoms with Crippen LogP contribution in [0, 0.1) is 20.8 Å². The van der Waals surface area contributed by atoms with Crippen molar-refractivity contribution in [1.29, 1.82) is 0 Å². The maximum atomic E-state index is 12.7. The number of carbonyl (C=O) groups excluding carboxylic acids is 1. The number of aromatic amines is 1. The lowest BCUT2D eigenvalue weighted by molar-refractivity contribution is 0.102. The van der Waals surface area contributed by atoms with Gasteiger partial charge in [0.15, 0.2) is 10.9 Å². The van der Waals surface area contributed by atoms with Gasteiger partial charge >= 0.3 is 0 Å². The largest absolute Gasteiger partial charge is 0.378 e. The summed E-state index contributed by atoms with van der Waals surface area (Å²) >= 11 is 1.42. The van der Waals surface area contributed by atoms with Crippen LogP contribution in [0.3, 0.4) is 0 Å². The monoisotopic (exact) mass is 411 g/mol. The van der Waals surface area contributed by atoms with Gasteiger partial charge in [0.2, 0.25) is 5.95 Å². The Hall–Kier alpha value is -2.58. The van der Waals surface area contributed by atoms with Gasteiger partial charge in [0.25, 0.3) is 0 Å². The number of anilines is 1. The highest BCUT2D eigenvalue weighted by atomic mass is 32.2. The van der Waals surface area contributed by atoms with Crippen LogP contribution in [0.4, 0.5) is 5.95 Å². The van der Waals surface area contributed by atoms with Crippen molar-refractivity contribution in [1.82, 2.24) is 19.7 Å². The van der Waals surface area contributed by atoms with E-state index >= 15 is 0 Å². The predicted octanol–water partition coefficient (Wildman–Crippen LogP) is 3.33. The third kappa shape index (κ3) is 4.23. The minimum Gasteiger partial charge on any atom is -0.378 e. The van der Waals surface area contributed by atoms with Gasteiger partial charge in [-0.3, -0.25) is 9.36 Å². The summed E-state index contributed by atoms with van der Waals surface area (Å²) in [5.41, 5.74) is 4.80. The second kappa shape index (κ2) is 8.42.